The second kappa shape index (κ2) is 5.32. The third-order valence-corrected chi connectivity index (χ3v) is 3.44. The molecule has 1 aromatic heterocycles. The second-order valence-electron chi connectivity index (χ2n) is 5.51. The fraction of sp³-hybridized carbons (Fsp3) is 0.615. The predicted molar refractivity (Wildman–Crippen MR) is 70.2 cm³/mol. The molecule has 106 valence electrons. The van der Waals surface area contributed by atoms with E-state index in [4.69, 9.17) is 10.3 Å². The van der Waals surface area contributed by atoms with E-state index in [9.17, 15) is 9.90 Å². The van der Waals surface area contributed by atoms with Gasteiger partial charge in [0.2, 0.25) is 0 Å². The minimum atomic E-state index is -0.642. The lowest BCUT2D eigenvalue weighted by Crippen LogP contribution is -2.45. The number of aryl methyl sites for hydroxylation is 1. The number of rotatable bonds is 3. The molecule has 6 nitrogen and oxygen atoms in total. The maximum absolute atomic E-state index is 11.5. The van der Waals surface area contributed by atoms with Gasteiger partial charge in [-0.05, 0) is 39.3 Å². The third-order valence-electron chi connectivity index (χ3n) is 3.44. The van der Waals surface area contributed by atoms with Crippen molar-refractivity contribution in [1.29, 1.82) is 0 Å². The highest BCUT2D eigenvalue weighted by molar-refractivity contribution is 5.92. The van der Waals surface area contributed by atoms with Crippen LogP contribution in [-0.4, -0.2) is 34.6 Å². The van der Waals surface area contributed by atoms with Crippen LogP contribution in [0.5, 0.6) is 0 Å². The lowest BCUT2D eigenvalue weighted by atomic mass is 9.95. The molecule has 2 heterocycles. The van der Waals surface area contributed by atoms with Crippen molar-refractivity contribution >= 4 is 5.91 Å². The second-order valence-corrected chi connectivity index (χ2v) is 5.51. The van der Waals surface area contributed by atoms with Gasteiger partial charge in [0, 0.05) is 12.1 Å². The fourth-order valence-electron chi connectivity index (χ4n) is 2.60. The Morgan fingerprint density at radius 2 is 2.42 bits per heavy atom. The first-order valence-corrected chi connectivity index (χ1v) is 6.46. The summed E-state index contributed by atoms with van der Waals surface area (Å²) in [6.07, 6.45) is 1.78. The highest BCUT2D eigenvalue weighted by Crippen LogP contribution is 2.23. The number of hydrazine groups is 1. The number of likely N-dealkylation sites (tertiary alicyclic amines) is 1. The summed E-state index contributed by atoms with van der Waals surface area (Å²) in [7, 11) is 0. The molecule has 19 heavy (non-hydrogen) atoms. The molecule has 1 amide bonds. The number of nitrogens with two attached hydrogens (primary N) is 1. The van der Waals surface area contributed by atoms with E-state index in [0.29, 0.717) is 18.8 Å². The Kier molecular flexibility index (Phi) is 3.93. The van der Waals surface area contributed by atoms with Gasteiger partial charge in [0.1, 0.15) is 5.76 Å². The van der Waals surface area contributed by atoms with Crippen molar-refractivity contribution in [3.8, 4) is 0 Å². The Bertz CT molecular complexity index is 468. The number of β-amino-alcohol motifs (C(OH)–C–C–N with tert-alkyl or cyclic N) is 1. The number of nitrogens with zero attached hydrogens (tertiary/aromatic N) is 1. The molecule has 0 radical (unpaired) electrons. The molecule has 0 aliphatic carbocycles. The Hall–Kier alpha value is -1.37. The van der Waals surface area contributed by atoms with Crippen molar-refractivity contribution in [2.45, 2.75) is 38.8 Å². The zero-order valence-electron chi connectivity index (χ0n) is 11.4. The first-order chi connectivity index (χ1) is 8.91. The van der Waals surface area contributed by atoms with Crippen molar-refractivity contribution in [1.82, 2.24) is 10.3 Å². The predicted octanol–water partition coefficient (Wildman–Crippen LogP) is 0.538. The molecule has 4 N–H and O–H groups in total. The maximum atomic E-state index is 11.5. The summed E-state index contributed by atoms with van der Waals surface area (Å²) in [5, 5.41) is 10.1. The van der Waals surface area contributed by atoms with Crippen LogP contribution in [0.1, 0.15) is 41.6 Å². The molecule has 0 saturated carbocycles. The lowest BCUT2D eigenvalue weighted by Gasteiger charge is -2.36. The molecule has 1 saturated heterocycles. The SMILES string of the molecule is Cc1cc(CN2CCCC(C)(O)C2)oc1C(=O)NN. The summed E-state index contributed by atoms with van der Waals surface area (Å²) in [5.41, 5.74) is 2.19. The maximum Gasteiger partial charge on any atom is 0.301 e. The third kappa shape index (κ3) is 3.34. The fourth-order valence-corrected chi connectivity index (χ4v) is 2.60. The number of carbonyl (C=O) groups excluding carboxylic acids is 1. The highest BCUT2D eigenvalue weighted by Gasteiger charge is 2.29. The van der Waals surface area contributed by atoms with Gasteiger partial charge in [0.25, 0.3) is 0 Å². The van der Waals surface area contributed by atoms with Crippen molar-refractivity contribution in [3.05, 3.63) is 23.2 Å². The number of aliphatic hydroxyl groups is 1. The molecule has 1 fully saturated rings. The number of furan rings is 1. The topological polar surface area (TPSA) is 91.7 Å². The van der Waals surface area contributed by atoms with E-state index in [2.05, 4.69) is 10.3 Å². The van der Waals surface area contributed by atoms with Crippen LogP contribution in [0, 0.1) is 6.92 Å². The van der Waals surface area contributed by atoms with E-state index in [1.54, 1.807) is 0 Å². The van der Waals surface area contributed by atoms with Crippen LogP contribution in [0.25, 0.3) is 0 Å². The van der Waals surface area contributed by atoms with Crippen LogP contribution in [0.15, 0.2) is 10.5 Å². The van der Waals surface area contributed by atoms with Crippen LogP contribution in [0.2, 0.25) is 0 Å². The molecule has 6 heteroatoms. The standard InChI is InChI=1S/C13H21N3O3/c1-9-6-10(19-11(9)12(17)15-14)7-16-5-3-4-13(2,18)8-16/h6,18H,3-5,7-8,14H2,1-2H3,(H,15,17). The Labute approximate surface area is 112 Å². The zero-order valence-corrected chi connectivity index (χ0v) is 11.4. The van der Waals surface area contributed by atoms with Crippen molar-refractivity contribution in [3.63, 3.8) is 0 Å². The molecule has 1 aliphatic heterocycles. The normalized spacial score (nSPS) is 24.4. The van der Waals surface area contributed by atoms with Crippen molar-refractivity contribution in [2.75, 3.05) is 13.1 Å². The lowest BCUT2D eigenvalue weighted by molar-refractivity contribution is -0.0199. The summed E-state index contributed by atoms with van der Waals surface area (Å²) in [4.78, 5) is 13.6. The van der Waals surface area contributed by atoms with Crippen molar-refractivity contribution in [2.24, 2.45) is 5.84 Å². The van der Waals surface area contributed by atoms with E-state index >= 15 is 0 Å². The molecule has 0 bridgehead atoms. The molecule has 1 atom stereocenters. The van der Waals surface area contributed by atoms with E-state index in [-0.39, 0.29) is 5.76 Å². The van der Waals surface area contributed by atoms with E-state index < -0.39 is 11.5 Å². The largest absolute Gasteiger partial charge is 0.454 e. The quantitative estimate of drug-likeness (QED) is 0.422. The van der Waals surface area contributed by atoms with Gasteiger partial charge in [0.05, 0.1) is 12.1 Å². The number of amides is 1. The zero-order chi connectivity index (χ0) is 14.0. The number of hydrogen-bond acceptors (Lipinski definition) is 5. The Morgan fingerprint density at radius 3 is 3.05 bits per heavy atom. The van der Waals surface area contributed by atoms with Gasteiger partial charge >= 0.3 is 5.91 Å². The van der Waals surface area contributed by atoms with Crippen LogP contribution < -0.4 is 11.3 Å². The summed E-state index contributed by atoms with van der Waals surface area (Å²) >= 11 is 0. The Morgan fingerprint density at radius 1 is 1.68 bits per heavy atom. The van der Waals surface area contributed by atoms with E-state index in [1.807, 2.05) is 19.9 Å². The number of carbonyl (C=O) groups is 1. The van der Waals surface area contributed by atoms with Gasteiger partial charge in [-0.2, -0.15) is 0 Å². The first kappa shape index (κ1) is 14.0. The molecule has 1 aromatic rings. The van der Waals surface area contributed by atoms with Gasteiger partial charge in [-0.15, -0.1) is 0 Å². The summed E-state index contributed by atoms with van der Waals surface area (Å²) in [6.45, 7) is 5.79. The monoisotopic (exact) mass is 267 g/mol. The molecule has 0 spiro atoms. The first-order valence-electron chi connectivity index (χ1n) is 6.46. The highest BCUT2D eigenvalue weighted by atomic mass is 16.4. The van der Waals surface area contributed by atoms with Crippen molar-refractivity contribution < 1.29 is 14.3 Å². The number of piperidine rings is 1. The molecule has 2 rings (SSSR count). The molecule has 0 aromatic carbocycles. The smallest absolute Gasteiger partial charge is 0.301 e. The molecule has 1 unspecified atom stereocenters. The van der Waals surface area contributed by atoms with Gasteiger partial charge in [-0.25, -0.2) is 5.84 Å². The molecule has 1 aliphatic rings. The van der Waals surface area contributed by atoms with E-state index in [1.165, 1.54) is 0 Å². The summed E-state index contributed by atoms with van der Waals surface area (Å²) in [5.74, 6) is 5.64. The molecular formula is C13H21N3O3. The minimum Gasteiger partial charge on any atom is -0.454 e. The molecular weight excluding hydrogens is 246 g/mol. The van der Waals surface area contributed by atoms with Gasteiger partial charge in [-0.1, -0.05) is 0 Å². The van der Waals surface area contributed by atoms with Crippen LogP contribution in [-0.2, 0) is 6.54 Å². The van der Waals surface area contributed by atoms with E-state index in [0.717, 1.165) is 24.9 Å². The Balaban J connectivity index is 2.05. The average molecular weight is 267 g/mol. The average Bonchev–Trinajstić information content (AvgIpc) is 2.68. The number of hydrogen-bond donors (Lipinski definition) is 3. The number of nitrogens with one attached hydrogen (secondary N) is 1. The summed E-state index contributed by atoms with van der Waals surface area (Å²) in [6, 6.07) is 1.84. The number of nitrogen functional groups attached to an aromatic ring is 1. The van der Waals surface area contributed by atoms with Crippen LogP contribution >= 0.6 is 0 Å². The minimum absolute atomic E-state index is 0.251. The van der Waals surface area contributed by atoms with Crippen LogP contribution in [0.4, 0.5) is 0 Å². The van der Waals surface area contributed by atoms with Gasteiger partial charge in [-0.3, -0.25) is 15.1 Å². The van der Waals surface area contributed by atoms with Gasteiger partial charge in [0.15, 0.2) is 5.76 Å². The van der Waals surface area contributed by atoms with Gasteiger partial charge < -0.3 is 9.52 Å². The summed E-state index contributed by atoms with van der Waals surface area (Å²) < 4.78 is 5.52. The van der Waals surface area contributed by atoms with Crippen LogP contribution in [0.3, 0.4) is 0 Å².